The minimum atomic E-state index is -0.546. The van der Waals surface area contributed by atoms with Crippen LogP contribution in [-0.4, -0.2) is 57.2 Å². The quantitative estimate of drug-likeness (QED) is 0.629. The highest BCUT2D eigenvalue weighted by molar-refractivity contribution is 5.81. The van der Waals surface area contributed by atoms with E-state index in [0.29, 0.717) is 18.5 Å². The number of hydrogen-bond acceptors (Lipinski definition) is 4. The van der Waals surface area contributed by atoms with Gasteiger partial charge in [-0.2, -0.15) is 0 Å². The molecule has 0 aromatic carbocycles. The maximum Gasteiger partial charge on any atom is 0.250 e. The number of nitrogens with two attached hydrogens (primary N) is 1. The van der Waals surface area contributed by atoms with Crippen LogP contribution in [0.5, 0.6) is 0 Å². The van der Waals surface area contributed by atoms with Crippen molar-refractivity contribution in [3.8, 4) is 0 Å². The topological polar surface area (TPSA) is 67.6 Å². The fourth-order valence-electron chi connectivity index (χ4n) is 1.64. The first-order valence-electron chi connectivity index (χ1n) is 5.61. The lowest BCUT2D eigenvalue weighted by atomic mass is 10.0. The van der Waals surface area contributed by atoms with Gasteiger partial charge in [0.05, 0.1) is 0 Å². The fourth-order valence-corrected chi connectivity index (χ4v) is 1.64. The van der Waals surface area contributed by atoms with Gasteiger partial charge in [-0.1, -0.05) is 13.8 Å². The summed E-state index contributed by atoms with van der Waals surface area (Å²) in [7, 11) is 5.50. The third-order valence-corrected chi connectivity index (χ3v) is 2.71. The molecule has 0 aliphatic carbocycles. The summed E-state index contributed by atoms with van der Waals surface area (Å²) in [5.41, 5.74) is 5.41. The maximum atomic E-state index is 11.6. The number of nitrogens with zero attached hydrogens (tertiary/aromatic N) is 1. The number of amides is 1. The van der Waals surface area contributed by atoms with Crippen molar-refractivity contribution in [2.75, 3.05) is 34.3 Å². The molecule has 0 saturated carbocycles. The minimum absolute atomic E-state index is 0.141. The van der Waals surface area contributed by atoms with Gasteiger partial charge in [-0.15, -0.1) is 0 Å². The zero-order valence-electron chi connectivity index (χ0n) is 11.0. The number of carbonyl (C=O) groups is 1. The van der Waals surface area contributed by atoms with Crippen molar-refractivity contribution in [3.63, 3.8) is 0 Å². The van der Waals surface area contributed by atoms with Crippen molar-refractivity contribution in [2.45, 2.75) is 26.0 Å². The molecule has 0 rings (SSSR count). The van der Waals surface area contributed by atoms with Crippen molar-refractivity contribution in [3.05, 3.63) is 0 Å². The normalized spacial score (nSPS) is 15.2. The molecule has 16 heavy (non-hydrogen) atoms. The first kappa shape index (κ1) is 15.3. The lowest BCUT2D eigenvalue weighted by Crippen LogP contribution is -2.47. The van der Waals surface area contributed by atoms with Gasteiger partial charge in [0.25, 0.3) is 0 Å². The Bertz CT molecular complexity index is 195. The predicted molar refractivity (Wildman–Crippen MR) is 65.2 cm³/mol. The molecule has 5 nitrogen and oxygen atoms in total. The molecular formula is C11H25N3O2. The Hall–Kier alpha value is -0.650. The standard InChI is InChI=1S/C11H25N3O2/c1-8(2)9(14(3)4)7-13-11(15)10(6-12)16-5/h8-10H,6-7,12H2,1-5H3,(H,13,15). The van der Waals surface area contributed by atoms with Gasteiger partial charge in [-0.25, -0.2) is 0 Å². The number of hydrogen-bond donors (Lipinski definition) is 2. The fraction of sp³-hybridized carbons (Fsp3) is 0.909. The maximum absolute atomic E-state index is 11.6. The average Bonchev–Trinajstić information content (AvgIpc) is 2.18. The van der Waals surface area contributed by atoms with Gasteiger partial charge in [0.1, 0.15) is 6.10 Å². The van der Waals surface area contributed by atoms with Gasteiger partial charge in [-0.05, 0) is 20.0 Å². The lowest BCUT2D eigenvalue weighted by molar-refractivity contribution is -0.130. The summed E-state index contributed by atoms with van der Waals surface area (Å²) >= 11 is 0. The van der Waals surface area contributed by atoms with E-state index < -0.39 is 6.10 Å². The highest BCUT2D eigenvalue weighted by Crippen LogP contribution is 2.06. The van der Waals surface area contributed by atoms with Crippen LogP contribution in [0, 0.1) is 5.92 Å². The zero-order valence-corrected chi connectivity index (χ0v) is 11.0. The number of ether oxygens (including phenoxy) is 1. The summed E-state index contributed by atoms with van der Waals surface area (Å²) < 4.78 is 4.96. The first-order chi connectivity index (χ1) is 7.43. The molecule has 5 heteroatoms. The van der Waals surface area contributed by atoms with Gasteiger partial charge in [0, 0.05) is 26.2 Å². The van der Waals surface area contributed by atoms with Crippen molar-refractivity contribution in [2.24, 2.45) is 11.7 Å². The third-order valence-electron chi connectivity index (χ3n) is 2.71. The molecule has 0 aromatic rings. The molecule has 96 valence electrons. The predicted octanol–water partition coefficient (Wildman–Crippen LogP) is -0.337. The highest BCUT2D eigenvalue weighted by atomic mass is 16.5. The number of methoxy groups -OCH3 is 1. The summed E-state index contributed by atoms with van der Waals surface area (Å²) in [5.74, 6) is 0.340. The molecule has 0 aliphatic rings. The van der Waals surface area contributed by atoms with Crippen molar-refractivity contribution in [1.29, 1.82) is 0 Å². The Labute approximate surface area is 98.3 Å². The van der Waals surface area contributed by atoms with E-state index >= 15 is 0 Å². The number of likely N-dealkylation sites (N-methyl/N-ethyl adjacent to an activating group) is 1. The molecule has 1 amide bonds. The SMILES string of the molecule is COC(CN)C(=O)NCC(C(C)C)N(C)C. The van der Waals surface area contributed by atoms with Gasteiger partial charge in [0.2, 0.25) is 5.91 Å². The molecule has 0 heterocycles. The minimum Gasteiger partial charge on any atom is -0.370 e. The van der Waals surface area contributed by atoms with E-state index in [1.807, 2.05) is 14.1 Å². The van der Waals surface area contributed by atoms with Gasteiger partial charge in [0.15, 0.2) is 0 Å². The van der Waals surface area contributed by atoms with Gasteiger partial charge in [-0.3, -0.25) is 4.79 Å². The summed E-state index contributed by atoms with van der Waals surface area (Å²) in [6, 6.07) is 0.319. The largest absolute Gasteiger partial charge is 0.370 e. The summed E-state index contributed by atoms with van der Waals surface area (Å²) in [4.78, 5) is 13.7. The molecule has 0 bridgehead atoms. The monoisotopic (exact) mass is 231 g/mol. The first-order valence-corrected chi connectivity index (χ1v) is 5.61. The Morgan fingerprint density at radius 2 is 2.00 bits per heavy atom. The molecule has 2 unspecified atom stereocenters. The lowest BCUT2D eigenvalue weighted by Gasteiger charge is -2.28. The second-order valence-electron chi connectivity index (χ2n) is 4.48. The van der Waals surface area contributed by atoms with E-state index in [0.717, 1.165) is 0 Å². The second kappa shape index (κ2) is 7.60. The number of nitrogens with one attached hydrogen (secondary N) is 1. The van der Waals surface area contributed by atoms with Crippen LogP contribution < -0.4 is 11.1 Å². The summed E-state index contributed by atoms with van der Waals surface area (Å²) in [5, 5.41) is 2.86. The van der Waals surface area contributed by atoms with Crippen LogP contribution in [0.15, 0.2) is 0 Å². The number of carbonyl (C=O) groups excluding carboxylic acids is 1. The zero-order chi connectivity index (χ0) is 12.7. The summed E-state index contributed by atoms with van der Waals surface area (Å²) in [6.45, 7) is 5.08. The molecule has 2 atom stereocenters. The van der Waals surface area contributed by atoms with Crippen LogP contribution in [-0.2, 0) is 9.53 Å². The van der Waals surface area contributed by atoms with E-state index in [1.165, 1.54) is 7.11 Å². The third kappa shape index (κ3) is 4.92. The summed E-state index contributed by atoms with van der Waals surface area (Å²) in [6.07, 6.45) is -0.546. The van der Waals surface area contributed by atoms with Crippen LogP contribution in [0.4, 0.5) is 0 Å². The Morgan fingerprint density at radius 1 is 1.44 bits per heavy atom. The highest BCUT2D eigenvalue weighted by Gasteiger charge is 2.20. The van der Waals surface area contributed by atoms with E-state index in [1.54, 1.807) is 0 Å². The number of rotatable bonds is 7. The average molecular weight is 231 g/mol. The van der Waals surface area contributed by atoms with Gasteiger partial charge < -0.3 is 20.7 Å². The Kier molecular flexibility index (Phi) is 7.29. The smallest absolute Gasteiger partial charge is 0.250 e. The molecule has 0 aliphatic heterocycles. The molecule has 3 N–H and O–H groups in total. The van der Waals surface area contributed by atoms with E-state index in [4.69, 9.17) is 10.5 Å². The van der Waals surface area contributed by atoms with Crippen molar-refractivity contribution < 1.29 is 9.53 Å². The van der Waals surface area contributed by atoms with Crippen LogP contribution in [0.3, 0.4) is 0 Å². The van der Waals surface area contributed by atoms with Crippen LogP contribution in [0.2, 0.25) is 0 Å². The molecular weight excluding hydrogens is 206 g/mol. The van der Waals surface area contributed by atoms with E-state index in [9.17, 15) is 4.79 Å². The van der Waals surface area contributed by atoms with E-state index in [-0.39, 0.29) is 12.5 Å². The molecule has 0 spiro atoms. The van der Waals surface area contributed by atoms with Crippen LogP contribution in [0.1, 0.15) is 13.8 Å². The van der Waals surface area contributed by atoms with E-state index in [2.05, 4.69) is 24.1 Å². The Balaban J connectivity index is 4.15. The van der Waals surface area contributed by atoms with Crippen molar-refractivity contribution >= 4 is 5.91 Å². The molecule has 0 aromatic heterocycles. The molecule has 0 saturated heterocycles. The van der Waals surface area contributed by atoms with Gasteiger partial charge >= 0.3 is 0 Å². The van der Waals surface area contributed by atoms with Crippen LogP contribution >= 0.6 is 0 Å². The molecule has 0 radical (unpaired) electrons. The van der Waals surface area contributed by atoms with Crippen molar-refractivity contribution in [1.82, 2.24) is 10.2 Å². The second-order valence-corrected chi connectivity index (χ2v) is 4.48. The van der Waals surface area contributed by atoms with Crippen LogP contribution in [0.25, 0.3) is 0 Å². The Morgan fingerprint density at radius 3 is 2.31 bits per heavy atom. The molecule has 0 fully saturated rings.